The van der Waals surface area contributed by atoms with Crippen molar-refractivity contribution in [2.24, 2.45) is 0 Å². The van der Waals surface area contributed by atoms with Crippen molar-refractivity contribution < 1.29 is 4.79 Å². The Hall–Kier alpha value is -1.43. The molecule has 0 spiro atoms. The van der Waals surface area contributed by atoms with Gasteiger partial charge in [-0.2, -0.15) is 0 Å². The molecule has 0 aliphatic rings. The number of amides is 1. The molecule has 20 heavy (non-hydrogen) atoms. The van der Waals surface area contributed by atoms with Crippen LogP contribution in [-0.4, -0.2) is 25.5 Å². The molecule has 3 aromatic rings. The van der Waals surface area contributed by atoms with E-state index in [1.54, 1.807) is 22.7 Å². The zero-order chi connectivity index (χ0) is 13.9. The predicted octanol–water partition coefficient (Wildman–Crippen LogP) is 3.46. The van der Waals surface area contributed by atoms with E-state index >= 15 is 0 Å². The minimum Gasteiger partial charge on any atom is -0.350 e. The summed E-state index contributed by atoms with van der Waals surface area (Å²) in [5.74, 6) is 0.0281. The summed E-state index contributed by atoms with van der Waals surface area (Å²) in [6, 6.07) is 10.4. The summed E-state index contributed by atoms with van der Waals surface area (Å²) in [6.07, 6.45) is 0. The van der Waals surface area contributed by atoms with Crippen molar-refractivity contribution >= 4 is 48.1 Å². The number of fused-ring (bicyclic) bond motifs is 3. The minimum absolute atomic E-state index is 0.0281. The van der Waals surface area contributed by atoms with E-state index in [4.69, 9.17) is 0 Å². The lowest BCUT2D eigenvalue weighted by atomic mass is 10.2. The van der Waals surface area contributed by atoms with Crippen LogP contribution >= 0.6 is 22.7 Å². The first-order valence-corrected chi connectivity index (χ1v) is 8.33. The predicted molar refractivity (Wildman–Crippen MR) is 88.1 cm³/mol. The number of nitrogens with one attached hydrogen (secondary N) is 2. The fraction of sp³-hybridized carbons (Fsp3) is 0.267. The standard InChI is InChI=1S/C15H16N2OS2/c1-2-16-7-8-17-15(18)13-9-12-14(20-13)10-5-3-4-6-11(10)19-12/h3-6,9,16H,2,7-8H2,1H3,(H,17,18). The van der Waals surface area contributed by atoms with Crippen molar-refractivity contribution in [1.82, 2.24) is 10.6 Å². The molecular formula is C15H16N2OS2. The maximum Gasteiger partial charge on any atom is 0.261 e. The fourth-order valence-electron chi connectivity index (χ4n) is 2.14. The second kappa shape index (κ2) is 5.91. The van der Waals surface area contributed by atoms with Crippen LogP contribution in [0.15, 0.2) is 30.3 Å². The number of likely N-dealkylation sites (N-methyl/N-ethyl adjacent to an activating group) is 1. The molecule has 1 amide bonds. The number of rotatable bonds is 5. The Morgan fingerprint density at radius 2 is 2.00 bits per heavy atom. The van der Waals surface area contributed by atoms with Gasteiger partial charge in [-0.15, -0.1) is 22.7 Å². The maximum absolute atomic E-state index is 12.1. The smallest absolute Gasteiger partial charge is 0.261 e. The van der Waals surface area contributed by atoms with Gasteiger partial charge in [0.2, 0.25) is 0 Å². The van der Waals surface area contributed by atoms with E-state index in [0.717, 1.165) is 18.0 Å². The van der Waals surface area contributed by atoms with E-state index in [2.05, 4.69) is 35.8 Å². The third-order valence-electron chi connectivity index (χ3n) is 3.11. The highest BCUT2D eigenvalue weighted by atomic mass is 32.1. The first kappa shape index (κ1) is 13.5. The molecule has 2 heterocycles. The summed E-state index contributed by atoms with van der Waals surface area (Å²) < 4.78 is 3.71. The summed E-state index contributed by atoms with van der Waals surface area (Å²) in [5.41, 5.74) is 0. The minimum atomic E-state index is 0.0281. The Bertz CT molecular complexity index is 745. The first-order chi connectivity index (χ1) is 9.79. The Labute approximate surface area is 125 Å². The van der Waals surface area contributed by atoms with Gasteiger partial charge in [0.05, 0.1) is 9.58 Å². The topological polar surface area (TPSA) is 41.1 Å². The number of carbonyl (C=O) groups excluding carboxylic acids is 1. The molecule has 0 aliphatic heterocycles. The van der Waals surface area contributed by atoms with Gasteiger partial charge in [-0.25, -0.2) is 0 Å². The summed E-state index contributed by atoms with van der Waals surface area (Å²) in [6.45, 7) is 4.46. The van der Waals surface area contributed by atoms with Crippen LogP contribution in [0.5, 0.6) is 0 Å². The van der Waals surface area contributed by atoms with Crippen LogP contribution in [0.4, 0.5) is 0 Å². The molecule has 3 rings (SSSR count). The van der Waals surface area contributed by atoms with Crippen LogP contribution in [-0.2, 0) is 0 Å². The van der Waals surface area contributed by atoms with Crippen LogP contribution in [0.25, 0.3) is 19.5 Å². The van der Waals surface area contributed by atoms with Crippen molar-refractivity contribution in [3.63, 3.8) is 0 Å². The van der Waals surface area contributed by atoms with Gasteiger partial charge >= 0.3 is 0 Å². The summed E-state index contributed by atoms with van der Waals surface area (Å²) >= 11 is 3.33. The van der Waals surface area contributed by atoms with Gasteiger partial charge < -0.3 is 10.6 Å². The number of hydrogen-bond donors (Lipinski definition) is 2. The highest BCUT2D eigenvalue weighted by molar-refractivity contribution is 7.33. The second-order valence-corrected chi connectivity index (χ2v) is 6.65. The highest BCUT2D eigenvalue weighted by Crippen LogP contribution is 2.39. The quantitative estimate of drug-likeness (QED) is 0.709. The SMILES string of the molecule is CCNCCNC(=O)c1cc2sc3ccccc3c2s1. The lowest BCUT2D eigenvalue weighted by molar-refractivity contribution is 0.0958. The van der Waals surface area contributed by atoms with E-state index in [-0.39, 0.29) is 5.91 Å². The zero-order valence-corrected chi connectivity index (χ0v) is 12.9. The molecule has 0 radical (unpaired) electrons. The molecule has 0 saturated heterocycles. The van der Waals surface area contributed by atoms with Crippen molar-refractivity contribution in [2.75, 3.05) is 19.6 Å². The molecule has 3 nitrogen and oxygen atoms in total. The lowest BCUT2D eigenvalue weighted by Gasteiger charge is -2.03. The number of carbonyl (C=O) groups is 1. The molecule has 5 heteroatoms. The van der Waals surface area contributed by atoms with E-state index < -0.39 is 0 Å². The van der Waals surface area contributed by atoms with Gasteiger partial charge in [-0.1, -0.05) is 25.1 Å². The van der Waals surface area contributed by atoms with Crippen molar-refractivity contribution in [1.29, 1.82) is 0 Å². The summed E-state index contributed by atoms with van der Waals surface area (Å²) in [5, 5.41) is 7.39. The van der Waals surface area contributed by atoms with Crippen LogP contribution in [0.3, 0.4) is 0 Å². The Balaban J connectivity index is 1.80. The van der Waals surface area contributed by atoms with E-state index in [1.807, 2.05) is 12.1 Å². The normalized spacial score (nSPS) is 11.2. The summed E-state index contributed by atoms with van der Waals surface area (Å²) in [7, 11) is 0. The van der Waals surface area contributed by atoms with Gasteiger partial charge in [0, 0.05) is 27.9 Å². The van der Waals surface area contributed by atoms with Crippen molar-refractivity contribution in [3.8, 4) is 0 Å². The molecular weight excluding hydrogens is 288 g/mol. The van der Waals surface area contributed by atoms with Crippen LogP contribution in [0.2, 0.25) is 0 Å². The monoisotopic (exact) mass is 304 g/mol. The van der Waals surface area contributed by atoms with Gasteiger partial charge in [-0.3, -0.25) is 4.79 Å². The molecule has 2 N–H and O–H groups in total. The largest absolute Gasteiger partial charge is 0.350 e. The molecule has 0 fully saturated rings. The first-order valence-electron chi connectivity index (χ1n) is 6.69. The molecule has 0 aliphatic carbocycles. The average molecular weight is 304 g/mol. The van der Waals surface area contributed by atoms with Crippen LogP contribution in [0, 0.1) is 0 Å². The fourth-order valence-corrected chi connectivity index (χ4v) is 4.58. The Morgan fingerprint density at radius 3 is 2.85 bits per heavy atom. The van der Waals surface area contributed by atoms with E-state index in [0.29, 0.717) is 6.54 Å². The average Bonchev–Trinajstić information content (AvgIpc) is 3.01. The third kappa shape index (κ3) is 2.57. The van der Waals surface area contributed by atoms with Crippen molar-refractivity contribution in [3.05, 3.63) is 35.2 Å². The molecule has 0 bridgehead atoms. The van der Waals surface area contributed by atoms with Gasteiger partial charge in [0.15, 0.2) is 0 Å². The second-order valence-electron chi connectivity index (χ2n) is 4.51. The lowest BCUT2D eigenvalue weighted by Crippen LogP contribution is -2.31. The highest BCUT2D eigenvalue weighted by Gasteiger charge is 2.13. The Morgan fingerprint density at radius 1 is 1.15 bits per heavy atom. The van der Waals surface area contributed by atoms with Gasteiger partial charge in [0.1, 0.15) is 0 Å². The van der Waals surface area contributed by atoms with Crippen LogP contribution < -0.4 is 10.6 Å². The summed E-state index contributed by atoms with van der Waals surface area (Å²) in [4.78, 5) is 12.9. The van der Waals surface area contributed by atoms with E-state index in [9.17, 15) is 4.79 Å². The number of hydrogen-bond acceptors (Lipinski definition) is 4. The van der Waals surface area contributed by atoms with Crippen molar-refractivity contribution in [2.45, 2.75) is 6.92 Å². The third-order valence-corrected chi connectivity index (χ3v) is 5.52. The Kier molecular flexibility index (Phi) is 4.00. The van der Waals surface area contributed by atoms with E-state index in [1.165, 1.54) is 19.5 Å². The number of thiophene rings is 2. The molecule has 0 unspecified atom stereocenters. The molecule has 104 valence electrons. The molecule has 0 atom stereocenters. The molecule has 0 saturated carbocycles. The number of benzene rings is 1. The molecule has 1 aromatic carbocycles. The molecule has 2 aromatic heterocycles. The maximum atomic E-state index is 12.1. The van der Waals surface area contributed by atoms with Gasteiger partial charge in [-0.05, 0) is 18.7 Å². The zero-order valence-electron chi connectivity index (χ0n) is 11.2. The van der Waals surface area contributed by atoms with Crippen LogP contribution in [0.1, 0.15) is 16.6 Å². The van der Waals surface area contributed by atoms with Gasteiger partial charge in [0.25, 0.3) is 5.91 Å².